The van der Waals surface area contributed by atoms with E-state index in [1.807, 2.05) is 116 Å². The van der Waals surface area contributed by atoms with E-state index in [1.165, 1.54) is 74.8 Å². The average molecular weight is 2220 g/mol. The van der Waals surface area contributed by atoms with Crippen LogP contribution in [0.25, 0.3) is 55.8 Å². The second-order valence-electron chi connectivity index (χ2n) is 36.9. The van der Waals surface area contributed by atoms with Crippen molar-refractivity contribution in [3.63, 3.8) is 0 Å². The summed E-state index contributed by atoms with van der Waals surface area (Å²) in [4.78, 5) is 110. The van der Waals surface area contributed by atoms with Gasteiger partial charge in [0.25, 0.3) is 0 Å². The molecule has 816 valence electrons. The number of anilines is 5. The average Bonchev–Trinajstić information content (AvgIpc) is 1.66. The van der Waals surface area contributed by atoms with Crippen LogP contribution in [0.3, 0.4) is 0 Å². The molecule has 5 fully saturated rings. The first-order valence-electron chi connectivity index (χ1n) is 49.3. The molecule has 14 atom stereocenters. The maximum atomic E-state index is 13.6. The standard InChI is InChI=1S/C25H35N6O5PS.C24H33N6O6PS.C18H27N5O5PS.C10H12N5O4P.C10H13N5O2.C6H15N/c1-4-25(2,3)24(32)38-13-12-34-37(33,30-14-18-8-6-5-7-9-18)35-15-19-10-11-20(36-19)31-17-29-21-22(26)27-16-28-23(21)31;1-24(2,14-31)23(32)38-11-10-34-37(33,29-12-17-6-4-3-5-7-17)35-13-18-8-9-19(36-18)30-16-28-20-21(25)26-15-27-22(20)30;1-4-18(2,3)17(24)30-8-7-26-29(25)27-9-12-5-6-13(28-12)23-11-22-14-15(19)20-10-21-16(14)23;11-9-8-10(13-4-12-9)15(5-14-8)7-2-1-6(19-7)3-18-20(16)17;11-9-8-10(13-4-12-9)15(5-14-8)7-2-1-6(3-16)17-7;1-4-7(5-2)6-3/h5-9,16-17,19-20H,4,10-15H2,1-3H3,(H,30,33)(H2,26,27,28);3-7,15-16,18-19,31H,8-14H2,1-2H3,(H,29,33)(H2,25,26,27);10-13H,4-9H2,1-3H3,(H2,19,20,21);4-7H,1-3H2,(H2-,11,12,13,16,17);4-7,16H,1-3H2,(H2,11,12,13);4-6H2,1-3H3/q;;+1;;;/p+1/t19-,20+,37?;18-,19+,37?;12-,13+;2*6-,7+;/m11111./s1. The van der Waals surface area contributed by atoms with Gasteiger partial charge in [-0.05, 0) is 122 Å². The van der Waals surface area contributed by atoms with Crippen molar-refractivity contribution in [2.75, 3.05) is 125 Å². The van der Waals surface area contributed by atoms with Gasteiger partial charge in [-0.25, -0.2) is 94.1 Å². The molecule has 0 amide bonds. The fourth-order valence-corrected chi connectivity index (χ4v) is 21.9. The Morgan fingerprint density at radius 3 is 0.967 bits per heavy atom. The number of carbonyl (C=O) groups excluding carboxylic acids is 3. The predicted molar refractivity (Wildman–Crippen MR) is 567 cm³/mol. The lowest BCUT2D eigenvalue weighted by Crippen LogP contribution is -2.26. The molecule has 12 aromatic rings. The van der Waals surface area contributed by atoms with Crippen LogP contribution in [0.2, 0.25) is 0 Å². The number of aliphatic hydroxyl groups excluding tert-OH is 2. The molecule has 15 N–H and O–H groups in total. The van der Waals surface area contributed by atoms with Crippen molar-refractivity contribution in [3.8, 4) is 0 Å². The van der Waals surface area contributed by atoms with Crippen LogP contribution < -0.4 is 38.8 Å². The molecule has 2 aromatic carbocycles. The van der Waals surface area contributed by atoms with Crippen molar-refractivity contribution >= 4 is 168 Å². The predicted octanol–water partition coefficient (Wildman–Crippen LogP) is 13.7. The monoisotopic (exact) mass is 2220 g/mol. The number of aromatic nitrogens is 20. The number of nitrogens with one attached hydrogen (secondary N) is 2. The molecule has 57 heteroatoms. The highest BCUT2D eigenvalue weighted by Gasteiger charge is 2.40. The number of benzene rings is 2. The molecule has 5 aliphatic heterocycles. The first-order chi connectivity index (χ1) is 72.0. The van der Waals surface area contributed by atoms with Crippen molar-refractivity contribution in [1.29, 1.82) is 0 Å². The molecule has 150 heavy (non-hydrogen) atoms. The summed E-state index contributed by atoms with van der Waals surface area (Å²) < 4.78 is 127. The molecule has 0 spiro atoms. The number of imidazole rings is 5. The van der Waals surface area contributed by atoms with E-state index in [2.05, 4.69) is 115 Å². The molecule has 17 rings (SSSR count). The Morgan fingerprint density at radius 1 is 0.400 bits per heavy atom. The number of hydrogen-bond acceptors (Lipinski definition) is 45. The summed E-state index contributed by atoms with van der Waals surface area (Å²) in [6, 6.07) is 19.1. The summed E-state index contributed by atoms with van der Waals surface area (Å²) in [7, 11) is -12.3. The summed E-state index contributed by atoms with van der Waals surface area (Å²) in [6.07, 6.45) is 21.6. The van der Waals surface area contributed by atoms with Gasteiger partial charge in [-0.15, -0.1) is 18.5 Å². The van der Waals surface area contributed by atoms with E-state index in [-0.39, 0.29) is 154 Å². The molecular formula is C93H136N28O22P4S3+2. The van der Waals surface area contributed by atoms with E-state index in [4.69, 9.17) is 89.5 Å². The van der Waals surface area contributed by atoms with Crippen LogP contribution >= 0.6 is 67.3 Å². The van der Waals surface area contributed by atoms with Gasteiger partial charge in [-0.3, -0.25) is 55.3 Å². The van der Waals surface area contributed by atoms with E-state index in [1.54, 1.807) is 54.6 Å². The first kappa shape index (κ1) is 119. The fourth-order valence-electron chi connectivity index (χ4n) is 15.4. The Bertz CT molecular complexity index is 6270. The maximum absolute atomic E-state index is 13.6. The van der Waals surface area contributed by atoms with Crippen molar-refractivity contribution in [1.82, 2.24) is 113 Å². The van der Waals surface area contributed by atoms with Crippen LogP contribution in [-0.4, -0.2) is 260 Å². The first-order valence-corrected chi connectivity index (χ1v) is 57.5. The molecule has 0 radical (unpaired) electrons. The van der Waals surface area contributed by atoms with Gasteiger partial charge in [0.1, 0.15) is 110 Å². The number of nitrogens with two attached hydrogens (primary N) is 5. The number of aliphatic hydroxyl groups is 2. The molecule has 5 saturated heterocycles. The van der Waals surface area contributed by atoms with Crippen LogP contribution in [0.15, 0.2) is 124 Å². The summed E-state index contributed by atoms with van der Waals surface area (Å²) in [5, 5.41) is 24.3. The van der Waals surface area contributed by atoms with Crippen LogP contribution in [-0.2, 0) is 101 Å². The number of nitrogens with zero attached hydrogens (tertiary/aromatic N) is 21. The maximum Gasteiger partial charge on any atom is 0.697 e. The van der Waals surface area contributed by atoms with Gasteiger partial charge in [-0.1, -0.05) is 158 Å². The van der Waals surface area contributed by atoms with E-state index in [9.17, 15) is 37.8 Å². The molecule has 5 aliphatic rings. The number of rotatable bonds is 45. The quantitative estimate of drug-likeness (QED) is 0.0125. The Balaban J connectivity index is 0.000000168. The second-order valence-corrected chi connectivity index (χ2v) is 45.4. The highest BCUT2D eigenvalue weighted by molar-refractivity contribution is 8.14. The van der Waals surface area contributed by atoms with Crippen molar-refractivity contribution in [2.24, 2.45) is 16.2 Å². The Morgan fingerprint density at radius 2 is 0.687 bits per heavy atom. The molecule has 0 bridgehead atoms. The van der Waals surface area contributed by atoms with Crippen LogP contribution in [0.1, 0.15) is 195 Å². The summed E-state index contributed by atoms with van der Waals surface area (Å²) in [6.45, 7) is 26.1. The number of hydrogen-bond donors (Lipinski definition) is 10. The second kappa shape index (κ2) is 57.4. The topological polar surface area (TPSA) is 666 Å². The normalized spacial score (nSPS) is 20.3. The molecule has 10 aromatic heterocycles. The van der Waals surface area contributed by atoms with Gasteiger partial charge in [0.2, 0.25) is 0 Å². The molecular weight excluding hydrogens is 2080 g/mol. The summed E-state index contributed by atoms with van der Waals surface area (Å²) in [5.74, 6) is 2.71. The third-order valence-corrected chi connectivity index (χ3v) is 33.0. The largest absolute Gasteiger partial charge is 0.697 e. The molecule has 0 saturated carbocycles. The lowest BCUT2D eigenvalue weighted by molar-refractivity contribution is -0.120. The SMILES string of the molecule is CC(C)(CO)C(=O)SCCOP(=O)(NCc1ccccc1)OC[C@H]1CC[C@@H](n2cnc3c(N)ncnc32)O1.CCC(C)(C)C(=O)SCCOP(=O)(NCc1ccccc1)OC[C@H]1CC[C@@H](n2cnc3c(N)ncnc32)O1.CCC(C)(C)C(=O)SCCO[P+](=O)OC[C@H]1CC[C@@H](n2cnc3c(N)ncnc32)O1.CCN(CC)CC.Nc1ncnc2c1ncn2[C@@H]1CC[C@H](CO)O1.Nc1ncnc2c1ncn2[C@@H]1CC[C@H](CO[P+](=O)O)O1. The highest BCUT2D eigenvalue weighted by Crippen LogP contribution is 2.49. The number of carbonyl (C=O) groups is 3. The van der Waals surface area contributed by atoms with E-state index >= 15 is 0 Å². The lowest BCUT2D eigenvalue weighted by atomic mass is 9.92. The van der Waals surface area contributed by atoms with Crippen molar-refractivity contribution in [2.45, 2.75) is 228 Å². The zero-order valence-electron chi connectivity index (χ0n) is 85.7. The minimum atomic E-state index is -3.73. The van der Waals surface area contributed by atoms with E-state index < -0.39 is 42.8 Å². The van der Waals surface area contributed by atoms with Crippen LogP contribution in [0.4, 0.5) is 29.1 Å². The Hall–Kier alpha value is -9.81. The zero-order valence-corrected chi connectivity index (χ0v) is 91.7. The van der Waals surface area contributed by atoms with Gasteiger partial charge in [0.15, 0.2) is 72.7 Å². The van der Waals surface area contributed by atoms with Gasteiger partial charge >= 0.3 is 32.0 Å². The Kier molecular flexibility index (Phi) is 45.5. The molecule has 4 unspecified atom stereocenters. The lowest BCUT2D eigenvalue weighted by Gasteiger charge is -2.22. The molecule has 15 heterocycles. The van der Waals surface area contributed by atoms with Crippen molar-refractivity contribution < 1.29 is 103 Å². The van der Waals surface area contributed by atoms with Crippen LogP contribution in [0, 0.1) is 16.2 Å². The highest BCUT2D eigenvalue weighted by atomic mass is 32.2. The van der Waals surface area contributed by atoms with Crippen molar-refractivity contribution in [3.05, 3.63) is 135 Å². The van der Waals surface area contributed by atoms with Gasteiger partial charge in [0.05, 0.1) is 107 Å². The number of fused-ring (bicyclic) bond motifs is 5. The third kappa shape index (κ3) is 33.6. The summed E-state index contributed by atoms with van der Waals surface area (Å²) in [5.41, 5.74) is 35.0. The number of thioether (sulfide) groups is 3. The molecule has 0 aliphatic carbocycles. The number of ether oxygens (including phenoxy) is 5. The fraction of sp³-hybridized carbons (Fsp3) is 0.570. The van der Waals surface area contributed by atoms with E-state index in [0.717, 1.165) is 74.3 Å². The van der Waals surface area contributed by atoms with Gasteiger partial charge < -0.3 is 67.5 Å². The van der Waals surface area contributed by atoms with Gasteiger partial charge in [0, 0.05) is 50.3 Å². The number of nitrogen functional groups attached to an aromatic ring is 5. The molecule has 50 nitrogen and oxygen atoms in total. The summed E-state index contributed by atoms with van der Waals surface area (Å²) >= 11 is 3.41. The third-order valence-electron chi connectivity index (χ3n) is 25.2. The smallest absolute Gasteiger partial charge is 0.395 e. The zero-order chi connectivity index (χ0) is 108. The van der Waals surface area contributed by atoms with Gasteiger partial charge in [-0.2, -0.15) is 0 Å². The minimum Gasteiger partial charge on any atom is -0.395 e. The van der Waals surface area contributed by atoms with E-state index in [0.29, 0.717) is 129 Å². The minimum absolute atomic E-state index is 0.0211. The Labute approximate surface area is 882 Å². The van der Waals surface area contributed by atoms with Crippen LogP contribution in [0.5, 0.6) is 0 Å².